The number of halogens is 1. The minimum atomic E-state index is -0.592. The van der Waals surface area contributed by atoms with Gasteiger partial charge in [-0.25, -0.2) is 0 Å². The summed E-state index contributed by atoms with van der Waals surface area (Å²) in [6, 6.07) is 4.12. The van der Waals surface area contributed by atoms with Crippen molar-refractivity contribution in [1.82, 2.24) is 4.90 Å². The average molecular weight is 299 g/mol. The van der Waals surface area contributed by atoms with Crippen LogP contribution < -0.4 is 10.5 Å². The van der Waals surface area contributed by atoms with Crippen LogP contribution in [0, 0.1) is 13.8 Å². The Labute approximate surface area is 126 Å². The topological polar surface area (TPSA) is 55.6 Å². The number of amides is 1. The third-order valence-electron chi connectivity index (χ3n) is 3.71. The van der Waals surface area contributed by atoms with Crippen LogP contribution >= 0.6 is 12.4 Å². The molecule has 1 aromatic rings. The molecule has 1 saturated carbocycles. The first-order valence-electron chi connectivity index (χ1n) is 6.56. The quantitative estimate of drug-likeness (QED) is 0.927. The molecule has 0 heterocycles. The molecule has 1 aliphatic carbocycles. The third-order valence-corrected chi connectivity index (χ3v) is 3.71. The van der Waals surface area contributed by atoms with Crippen LogP contribution in [0.1, 0.15) is 29.5 Å². The van der Waals surface area contributed by atoms with E-state index in [-0.39, 0.29) is 18.3 Å². The van der Waals surface area contributed by atoms with E-state index in [2.05, 4.69) is 12.1 Å². The van der Waals surface area contributed by atoms with Crippen molar-refractivity contribution >= 4 is 18.3 Å². The van der Waals surface area contributed by atoms with Crippen molar-refractivity contribution in [2.75, 3.05) is 14.2 Å². The van der Waals surface area contributed by atoms with Gasteiger partial charge in [-0.2, -0.15) is 0 Å². The molecule has 0 saturated heterocycles. The fourth-order valence-electron chi connectivity index (χ4n) is 2.53. The summed E-state index contributed by atoms with van der Waals surface area (Å²) in [7, 11) is 3.49. The number of rotatable bonds is 4. The van der Waals surface area contributed by atoms with Gasteiger partial charge in [0.05, 0.1) is 12.6 Å². The second-order valence-corrected chi connectivity index (χ2v) is 5.58. The van der Waals surface area contributed by atoms with Crippen molar-refractivity contribution in [3.8, 4) is 5.75 Å². The zero-order valence-electron chi connectivity index (χ0n) is 12.5. The molecule has 5 heteroatoms. The minimum absolute atomic E-state index is 0. The van der Waals surface area contributed by atoms with Gasteiger partial charge in [0.1, 0.15) is 5.75 Å². The van der Waals surface area contributed by atoms with Gasteiger partial charge in [0, 0.05) is 13.6 Å². The van der Waals surface area contributed by atoms with Crippen LogP contribution in [-0.2, 0) is 11.3 Å². The predicted molar refractivity (Wildman–Crippen MR) is 82.3 cm³/mol. The smallest absolute Gasteiger partial charge is 0.242 e. The van der Waals surface area contributed by atoms with Crippen molar-refractivity contribution in [3.63, 3.8) is 0 Å². The molecule has 2 rings (SSSR count). The summed E-state index contributed by atoms with van der Waals surface area (Å²) in [5, 5.41) is 0. The van der Waals surface area contributed by atoms with E-state index < -0.39 is 5.54 Å². The molecule has 2 N–H and O–H groups in total. The highest BCUT2D eigenvalue weighted by atomic mass is 35.5. The van der Waals surface area contributed by atoms with Crippen LogP contribution in [0.2, 0.25) is 0 Å². The summed E-state index contributed by atoms with van der Waals surface area (Å²) in [5.74, 6) is 0.953. The van der Waals surface area contributed by atoms with Crippen LogP contribution in [0.3, 0.4) is 0 Å². The van der Waals surface area contributed by atoms with Gasteiger partial charge in [-0.3, -0.25) is 4.79 Å². The lowest BCUT2D eigenvalue weighted by molar-refractivity contribution is -0.132. The summed E-state index contributed by atoms with van der Waals surface area (Å²) >= 11 is 0. The first-order valence-corrected chi connectivity index (χ1v) is 6.56. The maximum absolute atomic E-state index is 12.1. The first-order chi connectivity index (χ1) is 8.87. The molecular weight excluding hydrogens is 276 g/mol. The molecule has 0 aliphatic heterocycles. The third kappa shape index (κ3) is 3.25. The van der Waals surface area contributed by atoms with Gasteiger partial charge in [-0.1, -0.05) is 12.1 Å². The van der Waals surface area contributed by atoms with E-state index in [1.165, 1.54) is 0 Å². The van der Waals surface area contributed by atoms with Crippen molar-refractivity contribution in [1.29, 1.82) is 0 Å². The number of ether oxygens (including phenoxy) is 1. The van der Waals surface area contributed by atoms with E-state index in [1.807, 2.05) is 20.9 Å². The molecule has 0 spiro atoms. The lowest BCUT2D eigenvalue weighted by Crippen LogP contribution is -2.43. The number of aryl methyl sites for hydroxylation is 2. The highest BCUT2D eigenvalue weighted by molar-refractivity contribution is 5.88. The van der Waals surface area contributed by atoms with Gasteiger partial charge in [-0.15, -0.1) is 12.4 Å². The molecule has 1 amide bonds. The Morgan fingerprint density at radius 2 is 1.85 bits per heavy atom. The summed E-state index contributed by atoms with van der Waals surface area (Å²) in [5.41, 5.74) is 8.63. The van der Waals surface area contributed by atoms with Gasteiger partial charge in [0.15, 0.2) is 0 Å². The van der Waals surface area contributed by atoms with Gasteiger partial charge >= 0.3 is 0 Å². The van der Waals surface area contributed by atoms with Crippen molar-refractivity contribution < 1.29 is 9.53 Å². The number of hydrogen-bond acceptors (Lipinski definition) is 3. The summed E-state index contributed by atoms with van der Waals surface area (Å²) in [4.78, 5) is 13.8. The molecule has 1 aromatic carbocycles. The van der Waals surface area contributed by atoms with Gasteiger partial charge < -0.3 is 15.4 Å². The molecule has 4 nitrogen and oxygen atoms in total. The molecule has 0 radical (unpaired) electrons. The number of carbonyl (C=O) groups excluding carboxylic acids is 1. The van der Waals surface area contributed by atoms with Crippen molar-refractivity contribution in [3.05, 3.63) is 28.8 Å². The normalized spacial score (nSPS) is 15.2. The molecule has 1 aliphatic rings. The monoisotopic (exact) mass is 298 g/mol. The largest absolute Gasteiger partial charge is 0.496 e. The Kier molecular flexibility index (Phi) is 5.05. The number of nitrogens with two attached hydrogens (primary N) is 1. The van der Waals surface area contributed by atoms with Crippen LogP contribution in [0.15, 0.2) is 12.1 Å². The minimum Gasteiger partial charge on any atom is -0.496 e. The Bertz CT molecular complexity index is 490. The number of hydrogen-bond donors (Lipinski definition) is 1. The fourth-order valence-corrected chi connectivity index (χ4v) is 2.53. The Balaban J connectivity index is 0.00000200. The second kappa shape index (κ2) is 6.02. The highest BCUT2D eigenvalue weighted by Crippen LogP contribution is 2.34. The van der Waals surface area contributed by atoms with E-state index >= 15 is 0 Å². The lowest BCUT2D eigenvalue weighted by Gasteiger charge is -2.22. The number of methoxy groups -OCH3 is 1. The maximum Gasteiger partial charge on any atom is 0.242 e. The molecule has 0 unspecified atom stereocenters. The number of nitrogens with zero attached hydrogens (tertiary/aromatic N) is 1. The molecule has 20 heavy (non-hydrogen) atoms. The zero-order valence-corrected chi connectivity index (χ0v) is 13.3. The standard InChI is InChI=1S/C15H22N2O2.ClH/c1-10-7-12(8-11(2)13(10)19-4)9-17(3)14(18)15(16)5-6-15;/h7-8H,5-6,9,16H2,1-4H3;1H. The van der Waals surface area contributed by atoms with Gasteiger partial charge in [0.25, 0.3) is 0 Å². The average Bonchev–Trinajstić information content (AvgIpc) is 3.07. The van der Waals surface area contributed by atoms with Crippen molar-refractivity contribution in [2.24, 2.45) is 5.73 Å². The lowest BCUT2D eigenvalue weighted by atomic mass is 10.0. The highest BCUT2D eigenvalue weighted by Gasteiger charge is 2.47. The molecular formula is C15H23ClN2O2. The van der Waals surface area contributed by atoms with E-state index in [4.69, 9.17) is 10.5 Å². The maximum atomic E-state index is 12.1. The predicted octanol–water partition coefficient (Wildman–Crippen LogP) is 2.18. The Hall–Kier alpha value is -1.26. The molecule has 0 atom stereocenters. The number of benzene rings is 1. The number of likely N-dealkylation sites (N-methyl/N-ethyl adjacent to an activating group) is 1. The van der Waals surface area contributed by atoms with Crippen LogP contribution in [-0.4, -0.2) is 30.5 Å². The molecule has 0 aromatic heterocycles. The van der Waals surface area contributed by atoms with Gasteiger partial charge in [-0.05, 0) is 43.4 Å². The SMILES string of the molecule is COc1c(C)cc(CN(C)C(=O)C2(N)CC2)cc1C.Cl. The first kappa shape index (κ1) is 16.8. The van der Waals surface area contributed by atoms with Gasteiger partial charge in [0.2, 0.25) is 5.91 Å². The van der Waals surface area contributed by atoms with Crippen LogP contribution in [0.4, 0.5) is 0 Å². The summed E-state index contributed by atoms with van der Waals surface area (Å²) < 4.78 is 5.35. The molecule has 112 valence electrons. The molecule has 1 fully saturated rings. The van der Waals surface area contributed by atoms with E-state index in [0.29, 0.717) is 6.54 Å². The Morgan fingerprint density at radius 3 is 2.25 bits per heavy atom. The Morgan fingerprint density at radius 1 is 1.35 bits per heavy atom. The fraction of sp³-hybridized carbons (Fsp3) is 0.533. The number of carbonyl (C=O) groups is 1. The summed E-state index contributed by atoms with van der Waals surface area (Å²) in [6.45, 7) is 4.62. The second-order valence-electron chi connectivity index (χ2n) is 5.58. The van der Waals surface area contributed by atoms with E-state index in [1.54, 1.807) is 12.0 Å². The van der Waals surface area contributed by atoms with E-state index in [0.717, 1.165) is 35.3 Å². The molecule has 0 bridgehead atoms. The van der Waals surface area contributed by atoms with Crippen LogP contribution in [0.25, 0.3) is 0 Å². The van der Waals surface area contributed by atoms with Crippen LogP contribution in [0.5, 0.6) is 5.75 Å². The van der Waals surface area contributed by atoms with Crippen molar-refractivity contribution in [2.45, 2.75) is 38.8 Å². The zero-order chi connectivity index (χ0) is 14.2. The van der Waals surface area contributed by atoms with E-state index in [9.17, 15) is 4.79 Å². The summed E-state index contributed by atoms with van der Waals surface area (Å²) in [6.07, 6.45) is 1.60.